The van der Waals surface area contributed by atoms with E-state index < -0.39 is 0 Å². The Morgan fingerprint density at radius 3 is 2.67 bits per heavy atom. The lowest BCUT2D eigenvalue weighted by Gasteiger charge is -2.36. The lowest BCUT2D eigenvalue weighted by atomic mass is 9.88. The molecule has 102 valence electrons. The Balaban J connectivity index is 1.83. The number of halogens is 1. The van der Waals surface area contributed by atoms with Crippen molar-refractivity contribution >= 4 is 39.0 Å². The van der Waals surface area contributed by atoms with E-state index >= 15 is 0 Å². The summed E-state index contributed by atoms with van der Waals surface area (Å²) in [7, 11) is 0. The standard InChI is InChI=1S/C14H22BrNS2/c1-11-13(15)8-12(18-11)9-16-10-14(17-2)6-4-3-5-7-14/h8,16H,3-7,9-10H2,1-2H3. The summed E-state index contributed by atoms with van der Waals surface area (Å²) >= 11 is 7.55. The molecule has 1 fully saturated rings. The molecule has 0 aromatic carbocycles. The van der Waals surface area contributed by atoms with Crippen molar-refractivity contribution in [1.29, 1.82) is 0 Å². The maximum atomic E-state index is 3.67. The topological polar surface area (TPSA) is 12.0 Å². The highest BCUT2D eigenvalue weighted by Gasteiger charge is 2.30. The van der Waals surface area contributed by atoms with Crippen LogP contribution in [0.1, 0.15) is 41.9 Å². The summed E-state index contributed by atoms with van der Waals surface area (Å²) in [6.45, 7) is 4.34. The van der Waals surface area contributed by atoms with E-state index in [0.29, 0.717) is 4.75 Å². The molecule has 0 spiro atoms. The number of thioether (sulfide) groups is 1. The van der Waals surface area contributed by atoms with Crippen LogP contribution in [0.15, 0.2) is 10.5 Å². The minimum absolute atomic E-state index is 0.502. The first-order chi connectivity index (χ1) is 8.65. The fourth-order valence-electron chi connectivity index (χ4n) is 2.67. The number of aryl methyl sites for hydroxylation is 1. The van der Waals surface area contributed by atoms with E-state index in [9.17, 15) is 0 Å². The minimum atomic E-state index is 0.502. The zero-order chi connectivity index (χ0) is 13.0. The summed E-state index contributed by atoms with van der Waals surface area (Å²) in [5.74, 6) is 0. The molecule has 1 aromatic rings. The smallest absolute Gasteiger partial charge is 0.0314 e. The van der Waals surface area contributed by atoms with Gasteiger partial charge in [-0.25, -0.2) is 0 Å². The summed E-state index contributed by atoms with van der Waals surface area (Å²) < 4.78 is 1.75. The zero-order valence-corrected chi connectivity index (χ0v) is 14.4. The first kappa shape index (κ1) is 14.9. The molecule has 4 heteroatoms. The molecule has 0 unspecified atom stereocenters. The lowest BCUT2D eigenvalue weighted by Crippen LogP contribution is -2.38. The molecule has 1 saturated carbocycles. The number of hydrogen-bond donors (Lipinski definition) is 1. The van der Waals surface area contributed by atoms with Crippen LogP contribution in [0, 0.1) is 6.92 Å². The predicted molar refractivity (Wildman–Crippen MR) is 87.8 cm³/mol. The maximum absolute atomic E-state index is 3.67. The molecule has 0 atom stereocenters. The Morgan fingerprint density at radius 1 is 1.39 bits per heavy atom. The third-order valence-electron chi connectivity index (χ3n) is 3.85. The molecule has 1 aliphatic carbocycles. The fraction of sp³-hybridized carbons (Fsp3) is 0.714. The molecule has 0 aliphatic heterocycles. The summed E-state index contributed by atoms with van der Waals surface area (Å²) in [5, 5.41) is 3.67. The number of hydrogen-bond acceptors (Lipinski definition) is 3. The van der Waals surface area contributed by atoms with Gasteiger partial charge in [0.2, 0.25) is 0 Å². The highest BCUT2D eigenvalue weighted by molar-refractivity contribution is 9.10. The first-order valence-corrected chi connectivity index (χ1v) is 9.49. The van der Waals surface area contributed by atoms with Crippen molar-refractivity contribution in [3.05, 3.63) is 20.3 Å². The van der Waals surface area contributed by atoms with Gasteiger partial charge in [-0.05, 0) is 48.0 Å². The highest BCUT2D eigenvalue weighted by Crippen LogP contribution is 2.38. The summed E-state index contributed by atoms with van der Waals surface area (Å²) in [6.07, 6.45) is 9.29. The minimum Gasteiger partial charge on any atom is -0.310 e. The Hall–Kier alpha value is 0.490. The van der Waals surface area contributed by atoms with Crippen molar-refractivity contribution in [2.75, 3.05) is 12.8 Å². The number of rotatable bonds is 5. The van der Waals surface area contributed by atoms with Crippen molar-refractivity contribution in [1.82, 2.24) is 5.32 Å². The van der Waals surface area contributed by atoms with E-state index in [0.717, 1.165) is 13.1 Å². The van der Waals surface area contributed by atoms with Crippen LogP contribution in [-0.2, 0) is 6.54 Å². The first-order valence-electron chi connectivity index (χ1n) is 6.66. The average molecular weight is 348 g/mol. The SMILES string of the molecule is CSC1(CNCc2cc(Br)c(C)s2)CCCCC1. The second kappa shape index (κ2) is 6.78. The zero-order valence-electron chi connectivity index (χ0n) is 11.2. The molecule has 1 nitrogen and oxygen atoms in total. The van der Waals surface area contributed by atoms with Crippen LogP contribution >= 0.6 is 39.0 Å². The molecule has 0 amide bonds. The molecule has 1 aliphatic rings. The van der Waals surface area contributed by atoms with Crippen LogP contribution in [0.5, 0.6) is 0 Å². The highest BCUT2D eigenvalue weighted by atomic mass is 79.9. The van der Waals surface area contributed by atoms with Gasteiger partial charge >= 0.3 is 0 Å². The van der Waals surface area contributed by atoms with Gasteiger partial charge in [-0.2, -0.15) is 11.8 Å². The number of thiophene rings is 1. The summed E-state index contributed by atoms with van der Waals surface area (Å²) in [6, 6.07) is 2.25. The lowest BCUT2D eigenvalue weighted by molar-refractivity contribution is 0.380. The molecular formula is C14H22BrNS2. The van der Waals surface area contributed by atoms with Crippen molar-refractivity contribution in [2.45, 2.75) is 50.3 Å². The van der Waals surface area contributed by atoms with Crippen LogP contribution in [0.2, 0.25) is 0 Å². The molecule has 1 heterocycles. The van der Waals surface area contributed by atoms with Gasteiger partial charge in [-0.15, -0.1) is 11.3 Å². The second-order valence-corrected chi connectivity index (χ2v) is 8.64. The van der Waals surface area contributed by atoms with Crippen molar-refractivity contribution in [3.8, 4) is 0 Å². The Morgan fingerprint density at radius 2 is 2.11 bits per heavy atom. The normalized spacial score (nSPS) is 19.1. The molecule has 2 rings (SSSR count). The van der Waals surface area contributed by atoms with E-state index in [1.807, 2.05) is 11.3 Å². The van der Waals surface area contributed by atoms with E-state index in [2.05, 4.69) is 52.3 Å². The summed E-state index contributed by atoms with van der Waals surface area (Å²) in [5.41, 5.74) is 0. The van der Waals surface area contributed by atoms with E-state index in [1.165, 1.54) is 46.3 Å². The Bertz CT molecular complexity index is 364. The molecule has 1 aromatic heterocycles. The van der Waals surface area contributed by atoms with E-state index in [1.54, 1.807) is 0 Å². The largest absolute Gasteiger partial charge is 0.310 e. The van der Waals surface area contributed by atoms with Gasteiger partial charge in [-0.3, -0.25) is 0 Å². The second-order valence-electron chi connectivity index (χ2n) is 5.17. The molecule has 0 saturated heterocycles. The molecule has 0 radical (unpaired) electrons. The molecule has 18 heavy (non-hydrogen) atoms. The van der Waals surface area contributed by atoms with Gasteiger partial charge in [0.1, 0.15) is 0 Å². The summed E-state index contributed by atoms with van der Waals surface area (Å²) in [4.78, 5) is 2.82. The van der Waals surface area contributed by atoms with Crippen molar-refractivity contribution in [3.63, 3.8) is 0 Å². The van der Waals surface area contributed by atoms with Crippen LogP contribution in [0.25, 0.3) is 0 Å². The molecule has 1 N–H and O–H groups in total. The Kier molecular flexibility index (Phi) is 5.61. The van der Waals surface area contributed by atoms with Gasteiger partial charge in [-0.1, -0.05) is 19.3 Å². The van der Waals surface area contributed by atoms with Gasteiger partial charge < -0.3 is 5.32 Å². The van der Waals surface area contributed by atoms with Gasteiger partial charge in [0.15, 0.2) is 0 Å². The Labute approximate surface area is 127 Å². The van der Waals surface area contributed by atoms with E-state index in [-0.39, 0.29) is 0 Å². The third-order valence-corrected chi connectivity index (χ3v) is 7.41. The monoisotopic (exact) mass is 347 g/mol. The maximum Gasteiger partial charge on any atom is 0.0314 e. The van der Waals surface area contributed by atoms with Crippen molar-refractivity contribution in [2.24, 2.45) is 0 Å². The number of nitrogens with one attached hydrogen (secondary N) is 1. The predicted octanol–water partition coefficient (Wildman–Crippen LogP) is 4.97. The molecule has 0 bridgehead atoms. The third kappa shape index (κ3) is 3.75. The van der Waals surface area contributed by atoms with Crippen LogP contribution < -0.4 is 5.32 Å². The quantitative estimate of drug-likeness (QED) is 0.806. The van der Waals surface area contributed by atoms with Gasteiger partial charge in [0.05, 0.1) is 0 Å². The van der Waals surface area contributed by atoms with Gasteiger partial charge in [0, 0.05) is 32.1 Å². The van der Waals surface area contributed by atoms with Crippen LogP contribution in [0.4, 0.5) is 0 Å². The van der Waals surface area contributed by atoms with Crippen LogP contribution in [-0.4, -0.2) is 17.5 Å². The van der Waals surface area contributed by atoms with Crippen molar-refractivity contribution < 1.29 is 0 Å². The van der Waals surface area contributed by atoms with Gasteiger partial charge in [0.25, 0.3) is 0 Å². The average Bonchev–Trinajstić information content (AvgIpc) is 2.70. The van der Waals surface area contributed by atoms with E-state index in [4.69, 9.17) is 0 Å². The molecular weight excluding hydrogens is 326 g/mol. The van der Waals surface area contributed by atoms with Crippen LogP contribution in [0.3, 0.4) is 0 Å². The fourth-order valence-corrected chi connectivity index (χ4v) is 5.18.